The topological polar surface area (TPSA) is 72.2 Å². The lowest BCUT2D eigenvalue weighted by molar-refractivity contribution is 0.167. The maximum atomic E-state index is 14.6. The highest BCUT2D eigenvalue weighted by Gasteiger charge is 2.43. The number of alkyl halides is 2. The molecule has 0 amide bonds. The summed E-state index contributed by atoms with van der Waals surface area (Å²) >= 11 is 0. The van der Waals surface area contributed by atoms with Crippen LogP contribution in [0.2, 0.25) is 0 Å². The van der Waals surface area contributed by atoms with E-state index < -0.39 is 34.1 Å². The molecule has 146 valence electrons. The van der Waals surface area contributed by atoms with Crippen LogP contribution in [0.15, 0.2) is 35.2 Å². The molecule has 3 N–H and O–H groups in total. The lowest BCUT2D eigenvalue weighted by Crippen LogP contribution is -2.16. The van der Waals surface area contributed by atoms with Crippen LogP contribution in [0.4, 0.5) is 18.9 Å². The number of aryl methyl sites for hydroxylation is 2. The third-order valence-corrected chi connectivity index (χ3v) is 6.03. The Morgan fingerprint density at radius 3 is 2.44 bits per heavy atom. The Balaban J connectivity index is 2.00. The number of primary sulfonamides is 1. The van der Waals surface area contributed by atoms with Gasteiger partial charge in [0.15, 0.2) is 6.17 Å². The van der Waals surface area contributed by atoms with Crippen LogP contribution in [0.5, 0.6) is 0 Å². The highest BCUT2D eigenvalue weighted by atomic mass is 32.2. The second-order valence-corrected chi connectivity index (χ2v) is 8.36. The third-order valence-electron chi connectivity index (χ3n) is 5.06. The van der Waals surface area contributed by atoms with Crippen LogP contribution >= 0.6 is 0 Å². The summed E-state index contributed by atoms with van der Waals surface area (Å²) in [7, 11) is -2.42. The van der Waals surface area contributed by atoms with Crippen molar-refractivity contribution in [3.05, 3.63) is 58.4 Å². The summed E-state index contributed by atoms with van der Waals surface area (Å²) in [6, 6.07) is 7.28. The first kappa shape index (κ1) is 19.7. The lowest BCUT2D eigenvalue weighted by atomic mass is 9.95. The number of benzene rings is 2. The SMILES string of the molecule is CNc1cc(F)cc(CCc2ccc(S(N)(=O)=O)c3c2C(F)C(F)C3C)c1. The number of hydrogen-bond acceptors (Lipinski definition) is 3. The first-order valence-corrected chi connectivity index (χ1v) is 10.1. The molecule has 0 aliphatic heterocycles. The van der Waals surface area contributed by atoms with E-state index in [0.717, 1.165) is 0 Å². The molecule has 2 aromatic carbocycles. The van der Waals surface area contributed by atoms with E-state index in [0.29, 0.717) is 29.7 Å². The minimum Gasteiger partial charge on any atom is -0.388 e. The van der Waals surface area contributed by atoms with Crippen LogP contribution in [0, 0.1) is 5.82 Å². The number of nitrogens with one attached hydrogen (secondary N) is 1. The van der Waals surface area contributed by atoms with Gasteiger partial charge in [-0.15, -0.1) is 0 Å². The van der Waals surface area contributed by atoms with E-state index in [9.17, 15) is 21.6 Å². The summed E-state index contributed by atoms with van der Waals surface area (Å²) in [5.74, 6) is -1.30. The summed E-state index contributed by atoms with van der Waals surface area (Å²) in [5.41, 5.74) is 1.99. The van der Waals surface area contributed by atoms with Gasteiger partial charge in [-0.05, 0) is 59.4 Å². The molecule has 0 bridgehead atoms. The van der Waals surface area contributed by atoms with E-state index in [-0.39, 0.29) is 16.0 Å². The van der Waals surface area contributed by atoms with Gasteiger partial charge >= 0.3 is 0 Å². The summed E-state index contributed by atoms with van der Waals surface area (Å²) in [5, 5.41) is 8.09. The molecule has 0 saturated heterocycles. The van der Waals surface area contributed by atoms with Crippen LogP contribution in [-0.2, 0) is 22.9 Å². The van der Waals surface area contributed by atoms with Crippen LogP contribution < -0.4 is 10.5 Å². The molecule has 1 aliphatic rings. The first-order valence-electron chi connectivity index (χ1n) is 8.57. The van der Waals surface area contributed by atoms with Gasteiger partial charge in [0.1, 0.15) is 12.0 Å². The second kappa shape index (κ2) is 7.16. The average Bonchev–Trinajstić information content (AvgIpc) is 2.83. The average molecular weight is 398 g/mol. The predicted molar refractivity (Wildman–Crippen MR) is 98.3 cm³/mol. The highest BCUT2D eigenvalue weighted by Crippen LogP contribution is 2.48. The molecular weight excluding hydrogens is 377 g/mol. The van der Waals surface area contributed by atoms with Crippen LogP contribution in [0.3, 0.4) is 0 Å². The molecule has 0 radical (unpaired) electrons. The van der Waals surface area contributed by atoms with Crippen molar-refractivity contribution < 1.29 is 21.6 Å². The third kappa shape index (κ3) is 3.68. The van der Waals surface area contributed by atoms with Gasteiger partial charge < -0.3 is 5.32 Å². The van der Waals surface area contributed by atoms with Crippen LogP contribution in [0.25, 0.3) is 0 Å². The van der Waals surface area contributed by atoms with Crippen molar-refractivity contribution in [1.29, 1.82) is 0 Å². The van der Waals surface area contributed by atoms with Gasteiger partial charge in [-0.3, -0.25) is 0 Å². The van der Waals surface area contributed by atoms with Crippen molar-refractivity contribution in [2.24, 2.45) is 5.14 Å². The molecule has 0 heterocycles. The van der Waals surface area contributed by atoms with Gasteiger partial charge in [-0.2, -0.15) is 0 Å². The van der Waals surface area contributed by atoms with E-state index >= 15 is 0 Å². The van der Waals surface area contributed by atoms with E-state index in [1.807, 2.05) is 0 Å². The molecule has 0 saturated carbocycles. The van der Waals surface area contributed by atoms with Gasteiger partial charge in [-0.1, -0.05) is 13.0 Å². The van der Waals surface area contributed by atoms with Gasteiger partial charge in [-0.25, -0.2) is 26.7 Å². The fourth-order valence-corrected chi connectivity index (χ4v) is 4.57. The number of sulfonamides is 1. The molecule has 3 atom stereocenters. The van der Waals surface area contributed by atoms with Crippen molar-refractivity contribution in [3.63, 3.8) is 0 Å². The second-order valence-electron chi connectivity index (χ2n) is 6.83. The zero-order valence-corrected chi connectivity index (χ0v) is 15.8. The Kier molecular flexibility index (Phi) is 5.22. The summed E-state index contributed by atoms with van der Waals surface area (Å²) in [6.45, 7) is 1.45. The quantitative estimate of drug-likeness (QED) is 0.805. The van der Waals surface area contributed by atoms with Gasteiger partial charge in [0, 0.05) is 18.7 Å². The molecule has 0 aromatic heterocycles. The molecule has 27 heavy (non-hydrogen) atoms. The number of nitrogens with two attached hydrogens (primary N) is 1. The van der Waals surface area contributed by atoms with Crippen molar-refractivity contribution in [3.8, 4) is 0 Å². The summed E-state index contributed by atoms with van der Waals surface area (Å²) in [6.07, 6.45) is -3.02. The molecule has 0 spiro atoms. The minimum absolute atomic E-state index is 0.0618. The number of anilines is 1. The number of fused-ring (bicyclic) bond motifs is 1. The number of rotatable bonds is 5. The van der Waals surface area contributed by atoms with Crippen LogP contribution in [-0.4, -0.2) is 21.6 Å². The maximum absolute atomic E-state index is 14.6. The fourth-order valence-electron chi connectivity index (χ4n) is 3.71. The molecule has 1 aliphatic carbocycles. The minimum atomic E-state index is -4.10. The fraction of sp³-hybridized carbons (Fsp3) is 0.368. The normalized spacial score (nSPS) is 21.9. The molecule has 8 heteroatoms. The number of halogens is 3. The van der Waals surface area contributed by atoms with Crippen molar-refractivity contribution in [1.82, 2.24) is 0 Å². The Morgan fingerprint density at radius 1 is 1.11 bits per heavy atom. The standard InChI is InChI=1S/C19H21F3N2O2S/c1-10-16-15(27(23,25)26)6-5-12(17(16)19(22)18(10)21)4-3-11-7-13(20)9-14(8-11)24-2/h5-10,18-19,24H,3-4H2,1-2H3,(H2,23,25,26). The van der Waals surface area contributed by atoms with Gasteiger partial charge in [0.25, 0.3) is 0 Å². The van der Waals surface area contributed by atoms with E-state index in [2.05, 4.69) is 5.32 Å². The molecular formula is C19H21F3N2O2S. The van der Waals surface area contributed by atoms with Gasteiger partial charge in [0.05, 0.1) is 4.90 Å². The Hall–Kier alpha value is -2.06. The lowest BCUT2D eigenvalue weighted by Gasteiger charge is -2.15. The Morgan fingerprint density at radius 2 is 1.81 bits per heavy atom. The Labute approximate surface area is 156 Å². The van der Waals surface area contributed by atoms with Gasteiger partial charge in [0.2, 0.25) is 10.0 Å². The molecule has 3 unspecified atom stereocenters. The summed E-state index contributed by atoms with van der Waals surface area (Å²) in [4.78, 5) is -0.236. The van der Waals surface area contributed by atoms with E-state index in [1.165, 1.54) is 31.2 Å². The van der Waals surface area contributed by atoms with E-state index in [4.69, 9.17) is 5.14 Å². The maximum Gasteiger partial charge on any atom is 0.238 e. The Bertz CT molecular complexity index is 979. The molecule has 4 nitrogen and oxygen atoms in total. The van der Waals surface area contributed by atoms with Crippen LogP contribution in [0.1, 0.15) is 41.3 Å². The van der Waals surface area contributed by atoms with Crippen molar-refractivity contribution in [2.75, 3.05) is 12.4 Å². The predicted octanol–water partition coefficient (Wildman–Crippen LogP) is 3.77. The first-order chi connectivity index (χ1) is 12.6. The zero-order chi connectivity index (χ0) is 19.9. The molecule has 3 rings (SSSR count). The summed E-state index contributed by atoms with van der Waals surface area (Å²) < 4.78 is 66.3. The number of hydrogen-bond donors (Lipinski definition) is 2. The molecule has 0 fully saturated rings. The van der Waals surface area contributed by atoms with Crippen molar-refractivity contribution >= 4 is 15.7 Å². The zero-order valence-electron chi connectivity index (χ0n) is 15.0. The largest absolute Gasteiger partial charge is 0.388 e. The van der Waals surface area contributed by atoms with E-state index in [1.54, 1.807) is 13.1 Å². The smallest absolute Gasteiger partial charge is 0.238 e. The molecule has 2 aromatic rings. The monoisotopic (exact) mass is 398 g/mol. The highest BCUT2D eigenvalue weighted by molar-refractivity contribution is 7.89. The van der Waals surface area contributed by atoms with Crippen molar-refractivity contribution in [2.45, 2.75) is 42.9 Å².